The second kappa shape index (κ2) is 4.64. The van der Waals surface area contributed by atoms with E-state index in [2.05, 4.69) is 4.72 Å². The zero-order valence-corrected chi connectivity index (χ0v) is 11.5. The van der Waals surface area contributed by atoms with Gasteiger partial charge in [-0.2, -0.15) is 0 Å². The molecule has 18 heavy (non-hydrogen) atoms. The van der Waals surface area contributed by atoms with Gasteiger partial charge in [0.25, 0.3) is 0 Å². The molecule has 1 fully saturated rings. The van der Waals surface area contributed by atoms with Crippen LogP contribution in [0.3, 0.4) is 0 Å². The molecule has 1 aliphatic rings. The number of hydrogen-bond acceptors (Lipinski definition) is 3. The molecule has 0 aromatic heterocycles. The summed E-state index contributed by atoms with van der Waals surface area (Å²) in [7, 11) is -3.52. The van der Waals surface area contributed by atoms with Crippen molar-refractivity contribution >= 4 is 10.0 Å². The Morgan fingerprint density at radius 3 is 2.22 bits per heavy atom. The molecule has 0 radical (unpaired) electrons. The lowest BCUT2D eigenvalue weighted by Crippen LogP contribution is -2.47. The van der Waals surface area contributed by atoms with Gasteiger partial charge in [0.1, 0.15) is 0 Å². The first-order valence-corrected chi connectivity index (χ1v) is 7.59. The number of rotatable bonds is 4. The van der Waals surface area contributed by atoms with Gasteiger partial charge >= 0.3 is 0 Å². The van der Waals surface area contributed by atoms with Gasteiger partial charge in [-0.3, -0.25) is 0 Å². The molecule has 0 saturated heterocycles. The molecular formula is C13H19NO3S. The molecular weight excluding hydrogens is 250 g/mol. The van der Waals surface area contributed by atoms with E-state index in [0.717, 1.165) is 17.5 Å². The fraction of sp³-hybridized carbons (Fsp3) is 0.538. The molecule has 5 heteroatoms. The topological polar surface area (TPSA) is 66.4 Å². The van der Waals surface area contributed by atoms with Crippen LogP contribution in [0.25, 0.3) is 0 Å². The minimum absolute atomic E-state index is 0.0995. The van der Waals surface area contributed by atoms with Gasteiger partial charge in [-0.1, -0.05) is 6.07 Å². The number of aryl methyl sites for hydroxylation is 2. The minimum atomic E-state index is -3.52. The van der Waals surface area contributed by atoms with Gasteiger partial charge in [0, 0.05) is 6.54 Å². The number of benzene rings is 1. The van der Waals surface area contributed by atoms with Crippen molar-refractivity contribution in [2.45, 2.75) is 43.6 Å². The minimum Gasteiger partial charge on any atom is -0.389 e. The van der Waals surface area contributed by atoms with Crippen molar-refractivity contribution in [2.75, 3.05) is 6.54 Å². The maximum absolute atomic E-state index is 12.1. The molecule has 0 heterocycles. The van der Waals surface area contributed by atoms with E-state index >= 15 is 0 Å². The molecule has 4 nitrogen and oxygen atoms in total. The van der Waals surface area contributed by atoms with E-state index in [4.69, 9.17) is 0 Å². The van der Waals surface area contributed by atoms with E-state index < -0.39 is 15.6 Å². The highest BCUT2D eigenvalue weighted by Crippen LogP contribution is 2.31. The predicted octanol–water partition coefficient (Wildman–Crippen LogP) is 1.50. The van der Waals surface area contributed by atoms with Gasteiger partial charge in [0.05, 0.1) is 10.5 Å². The first kappa shape index (κ1) is 13.5. The smallest absolute Gasteiger partial charge is 0.240 e. The van der Waals surface area contributed by atoms with Crippen LogP contribution >= 0.6 is 0 Å². The molecule has 1 saturated carbocycles. The molecule has 100 valence electrons. The number of sulfonamides is 1. The zero-order valence-electron chi connectivity index (χ0n) is 10.7. The second-order valence-electron chi connectivity index (χ2n) is 5.23. The van der Waals surface area contributed by atoms with Crippen molar-refractivity contribution in [1.29, 1.82) is 0 Å². The number of hydrogen-bond donors (Lipinski definition) is 2. The van der Waals surface area contributed by atoms with Crippen LogP contribution in [0.2, 0.25) is 0 Å². The van der Waals surface area contributed by atoms with Crippen molar-refractivity contribution in [3.8, 4) is 0 Å². The lowest BCUT2D eigenvalue weighted by molar-refractivity contribution is -0.0270. The summed E-state index contributed by atoms with van der Waals surface area (Å²) >= 11 is 0. The lowest BCUT2D eigenvalue weighted by Gasteiger charge is -2.36. The second-order valence-corrected chi connectivity index (χ2v) is 6.99. The normalized spacial score (nSPS) is 18.4. The van der Waals surface area contributed by atoms with Crippen molar-refractivity contribution < 1.29 is 13.5 Å². The first-order valence-electron chi connectivity index (χ1n) is 6.11. The van der Waals surface area contributed by atoms with Gasteiger partial charge in [0.15, 0.2) is 0 Å². The van der Waals surface area contributed by atoms with Gasteiger partial charge < -0.3 is 5.11 Å². The SMILES string of the molecule is Cc1cc(C)cc(S(=O)(=O)NCC2(O)CCC2)c1. The first-order chi connectivity index (χ1) is 8.31. The summed E-state index contributed by atoms with van der Waals surface area (Å²) in [6, 6.07) is 5.21. The summed E-state index contributed by atoms with van der Waals surface area (Å²) in [4.78, 5) is 0.267. The summed E-state index contributed by atoms with van der Waals surface area (Å²) in [5, 5.41) is 9.90. The summed E-state index contributed by atoms with van der Waals surface area (Å²) in [5.74, 6) is 0. The molecule has 0 bridgehead atoms. The number of aliphatic hydroxyl groups is 1. The van der Waals surface area contributed by atoms with E-state index in [1.165, 1.54) is 0 Å². The summed E-state index contributed by atoms with van der Waals surface area (Å²) < 4.78 is 26.7. The van der Waals surface area contributed by atoms with E-state index in [-0.39, 0.29) is 11.4 Å². The molecule has 0 aliphatic heterocycles. The molecule has 1 aliphatic carbocycles. The monoisotopic (exact) mass is 269 g/mol. The molecule has 2 rings (SSSR count). The highest BCUT2D eigenvalue weighted by Gasteiger charge is 2.35. The van der Waals surface area contributed by atoms with Crippen LogP contribution in [0.15, 0.2) is 23.1 Å². The van der Waals surface area contributed by atoms with E-state index in [1.54, 1.807) is 12.1 Å². The Morgan fingerprint density at radius 1 is 1.22 bits per heavy atom. The Hall–Kier alpha value is -0.910. The van der Waals surface area contributed by atoms with Gasteiger partial charge in [0.2, 0.25) is 10.0 Å². The van der Waals surface area contributed by atoms with E-state index in [1.807, 2.05) is 19.9 Å². The predicted molar refractivity (Wildman–Crippen MR) is 69.9 cm³/mol. The maximum atomic E-state index is 12.1. The molecule has 2 N–H and O–H groups in total. The third-order valence-corrected chi connectivity index (χ3v) is 4.76. The number of nitrogens with one attached hydrogen (secondary N) is 1. The van der Waals surface area contributed by atoms with Crippen LogP contribution in [0.1, 0.15) is 30.4 Å². The van der Waals surface area contributed by atoms with Gasteiger partial charge in [-0.15, -0.1) is 0 Å². The third kappa shape index (κ3) is 2.91. The third-order valence-electron chi connectivity index (χ3n) is 3.38. The molecule has 1 aromatic rings. The van der Waals surface area contributed by atoms with Crippen LogP contribution in [-0.2, 0) is 10.0 Å². The van der Waals surface area contributed by atoms with Crippen LogP contribution in [-0.4, -0.2) is 25.7 Å². The summed E-state index contributed by atoms with van der Waals surface area (Å²) in [5.41, 5.74) is 0.988. The van der Waals surface area contributed by atoms with Crippen molar-refractivity contribution in [3.63, 3.8) is 0 Å². The lowest BCUT2D eigenvalue weighted by atomic mass is 9.81. The Bertz CT molecular complexity index is 527. The molecule has 0 unspecified atom stereocenters. The van der Waals surface area contributed by atoms with Gasteiger partial charge in [-0.05, 0) is 56.4 Å². The Morgan fingerprint density at radius 2 is 1.78 bits per heavy atom. The average molecular weight is 269 g/mol. The van der Waals surface area contributed by atoms with E-state index in [0.29, 0.717) is 12.8 Å². The highest BCUT2D eigenvalue weighted by molar-refractivity contribution is 7.89. The van der Waals surface area contributed by atoms with E-state index in [9.17, 15) is 13.5 Å². The standard InChI is InChI=1S/C13H19NO3S/c1-10-6-11(2)8-12(7-10)18(16,17)14-9-13(15)4-3-5-13/h6-8,14-15H,3-5,9H2,1-2H3. The summed E-state index contributed by atoms with van der Waals surface area (Å²) in [6.45, 7) is 3.83. The van der Waals surface area contributed by atoms with Crippen molar-refractivity contribution in [1.82, 2.24) is 4.72 Å². The molecule has 0 atom stereocenters. The molecule has 0 spiro atoms. The molecule has 0 amide bonds. The zero-order chi connectivity index (χ0) is 13.4. The fourth-order valence-corrected chi connectivity index (χ4v) is 3.47. The Balaban J connectivity index is 2.14. The molecule has 1 aromatic carbocycles. The van der Waals surface area contributed by atoms with Gasteiger partial charge in [-0.25, -0.2) is 13.1 Å². The van der Waals surface area contributed by atoms with Crippen LogP contribution in [0, 0.1) is 13.8 Å². The van der Waals surface area contributed by atoms with Crippen LogP contribution in [0.5, 0.6) is 0 Å². The van der Waals surface area contributed by atoms with Crippen LogP contribution in [0.4, 0.5) is 0 Å². The maximum Gasteiger partial charge on any atom is 0.240 e. The van der Waals surface area contributed by atoms with Crippen molar-refractivity contribution in [2.24, 2.45) is 0 Å². The fourth-order valence-electron chi connectivity index (χ4n) is 2.16. The highest BCUT2D eigenvalue weighted by atomic mass is 32.2. The Labute approximate surface area is 108 Å². The largest absolute Gasteiger partial charge is 0.389 e. The average Bonchev–Trinajstić information content (AvgIpc) is 2.22. The van der Waals surface area contributed by atoms with Crippen LogP contribution < -0.4 is 4.72 Å². The summed E-state index contributed by atoms with van der Waals surface area (Å²) in [6.07, 6.45) is 2.30. The Kier molecular flexibility index (Phi) is 3.49. The quantitative estimate of drug-likeness (QED) is 0.870. The van der Waals surface area contributed by atoms with Crippen molar-refractivity contribution in [3.05, 3.63) is 29.3 Å².